The highest BCUT2D eigenvalue weighted by Gasteiger charge is 2.33. The second kappa shape index (κ2) is 16.0. The number of hydrogen-bond acceptors (Lipinski definition) is 11. The topological polar surface area (TPSA) is 159 Å². The second-order valence-corrected chi connectivity index (χ2v) is 14.5. The van der Waals surface area contributed by atoms with Crippen LogP contribution in [0.4, 0.5) is 0 Å². The fourth-order valence-electron chi connectivity index (χ4n) is 6.56. The Morgan fingerprint density at radius 1 is 1.04 bits per heavy atom. The minimum Gasteiger partial charge on any atom is -0.491 e. The second-order valence-electron chi connectivity index (χ2n) is 12.9. The summed E-state index contributed by atoms with van der Waals surface area (Å²) in [5.41, 5.74) is 5.24. The van der Waals surface area contributed by atoms with Crippen molar-refractivity contribution in [2.45, 2.75) is 52.0 Å². The van der Waals surface area contributed by atoms with Gasteiger partial charge in [0, 0.05) is 44.9 Å². The number of carbonyl (C=O) groups is 3. The molecule has 1 unspecified atom stereocenters. The molecular weight excluding hydrogens is 720 g/mol. The summed E-state index contributed by atoms with van der Waals surface area (Å²) < 4.78 is 24.9. The van der Waals surface area contributed by atoms with E-state index in [1.165, 1.54) is 4.88 Å². The fourth-order valence-corrected chi connectivity index (χ4v) is 7.90. The van der Waals surface area contributed by atoms with Crippen LogP contribution in [0.2, 0.25) is 5.02 Å². The Labute approximate surface area is 314 Å². The number of hydrogen-bond donors (Lipinski definition) is 2. The average molecular weight is 759 g/mol. The van der Waals surface area contributed by atoms with Gasteiger partial charge < -0.3 is 23.9 Å². The molecule has 0 saturated carbocycles. The summed E-state index contributed by atoms with van der Waals surface area (Å²) in [5.74, 6) is 0.796. The predicted octanol–water partition coefficient (Wildman–Crippen LogP) is 5.68. The molecule has 7 rings (SSSR count). The summed E-state index contributed by atoms with van der Waals surface area (Å²) in [6.45, 7) is 8.12. The number of aromatic nitrogens is 3. The molecule has 2 aromatic carbocycles. The molecule has 2 aliphatic rings. The summed E-state index contributed by atoms with van der Waals surface area (Å²) in [5, 5.41) is 16.6. The third kappa shape index (κ3) is 7.91. The molecule has 0 bridgehead atoms. The molecule has 3 amide bonds. The van der Waals surface area contributed by atoms with E-state index in [-0.39, 0.29) is 24.1 Å². The number of benzene rings is 2. The van der Waals surface area contributed by atoms with Crippen LogP contribution in [0.15, 0.2) is 58.1 Å². The third-order valence-corrected chi connectivity index (χ3v) is 10.8. The van der Waals surface area contributed by atoms with E-state index in [1.54, 1.807) is 29.7 Å². The van der Waals surface area contributed by atoms with Gasteiger partial charge in [0.1, 0.15) is 34.8 Å². The van der Waals surface area contributed by atoms with E-state index >= 15 is 0 Å². The molecule has 53 heavy (non-hydrogen) atoms. The van der Waals surface area contributed by atoms with E-state index in [4.69, 9.17) is 35.2 Å². The van der Waals surface area contributed by atoms with Crippen LogP contribution in [0.3, 0.4) is 0 Å². The van der Waals surface area contributed by atoms with Gasteiger partial charge >= 0.3 is 0 Å². The number of nitrogens with zero attached hydrogens (tertiary/aromatic N) is 4. The number of halogens is 1. The number of rotatable bonds is 14. The number of aliphatic imine (C=N–C) groups is 1. The molecule has 2 N–H and O–H groups in total. The largest absolute Gasteiger partial charge is 0.491 e. The smallest absolute Gasteiger partial charge is 0.234 e. The molecule has 0 aliphatic carbocycles. The van der Waals surface area contributed by atoms with E-state index in [0.29, 0.717) is 74.6 Å². The zero-order valence-corrected chi connectivity index (χ0v) is 31.1. The van der Waals surface area contributed by atoms with Gasteiger partial charge in [-0.25, -0.2) is 0 Å². The molecule has 13 nitrogen and oxygen atoms in total. The monoisotopic (exact) mass is 758 g/mol. The first-order valence-corrected chi connectivity index (χ1v) is 18.6. The van der Waals surface area contributed by atoms with Gasteiger partial charge in [-0.05, 0) is 63.1 Å². The number of ether oxygens (including phenoxy) is 3. The summed E-state index contributed by atoms with van der Waals surface area (Å²) >= 11 is 7.88. The number of thiophene rings is 1. The maximum Gasteiger partial charge on any atom is 0.234 e. The van der Waals surface area contributed by atoms with E-state index in [2.05, 4.69) is 34.7 Å². The van der Waals surface area contributed by atoms with Gasteiger partial charge in [-0.1, -0.05) is 23.7 Å². The van der Waals surface area contributed by atoms with Crippen molar-refractivity contribution in [3.05, 3.63) is 92.5 Å². The summed E-state index contributed by atoms with van der Waals surface area (Å²) in [6, 6.07) is 12.5. The van der Waals surface area contributed by atoms with Gasteiger partial charge in [0.15, 0.2) is 5.82 Å². The van der Waals surface area contributed by atoms with Gasteiger partial charge in [-0.15, -0.1) is 21.5 Å². The third-order valence-electron chi connectivity index (χ3n) is 9.36. The van der Waals surface area contributed by atoms with Crippen LogP contribution in [-0.2, 0) is 23.9 Å². The maximum atomic E-state index is 13.2. The Hall–Kier alpha value is -4.89. The zero-order valence-electron chi connectivity index (χ0n) is 29.6. The summed E-state index contributed by atoms with van der Waals surface area (Å²) in [7, 11) is 0. The normalized spacial score (nSPS) is 16.9. The molecule has 1 fully saturated rings. The van der Waals surface area contributed by atoms with Crippen molar-refractivity contribution >= 4 is 57.3 Å². The highest BCUT2D eigenvalue weighted by atomic mass is 35.5. The number of nitrogens with one attached hydrogen (secondary N) is 2. The fraction of sp³-hybridized carbons (Fsp3) is 0.368. The lowest BCUT2D eigenvalue weighted by Gasteiger charge is -2.19. The van der Waals surface area contributed by atoms with Crippen LogP contribution in [-0.4, -0.2) is 77.8 Å². The van der Waals surface area contributed by atoms with Crippen molar-refractivity contribution in [2.75, 3.05) is 39.6 Å². The number of piperidine rings is 1. The molecule has 3 aromatic heterocycles. The SMILES string of the molecule is Cc1sc2c(c1C)C(c1ccc(Cl)cc1)=N[C@@H](CC(=O)NCCOCCOCCOc1ccc3occ(C4CCC(=O)NC4=O)c3c1)c1nnc(C)n1-2. The lowest BCUT2D eigenvalue weighted by molar-refractivity contribution is -0.134. The Bertz CT molecular complexity index is 2190. The minimum atomic E-state index is -0.549. The molecule has 5 aromatic rings. The number of carbonyl (C=O) groups excluding carboxylic acids is 3. The van der Waals surface area contributed by atoms with Crippen molar-refractivity contribution in [1.29, 1.82) is 0 Å². The van der Waals surface area contributed by atoms with E-state index in [1.807, 2.05) is 41.8 Å². The molecule has 1 saturated heterocycles. The maximum absolute atomic E-state index is 13.2. The molecule has 2 atom stereocenters. The van der Waals surface area contributed by atoms with Crippen molar-refractivity contribution in [1.82, 2.24) is 25.4 Å². The van der Waals surface area contributed by atoms with Crippen LogP contribution >= 0.6 is 22.9 Å². The Morgan fingerprint density at radius 2 is 1.81 bits per heavy atom. The van der Waals surface area contributed by atoms with Crippen molar-refractivity contribution in [3.63, 3.8) is 0 Å². The van der Waals surface area contributed by atoms with Crippen LogP contribution < -0.4 is 15.4 Å². The molecule has 15 heteroatoms. The van der Waals surface area contributed by atoms with Gasteiger partial charge in [0.25, 0.3) is 0 Å². The molecule has 2 aliphatic heterocycles. The van der Waals surface area contributed by atoms with Gasteiger partial charge in [0.05, 0.1) is 50.7 Å². The lowest BCUT2D eigenvalue weighted by atomic mass is 9.90. The average Bonchev–Trinajstić information content (AvgIpc) is 3.79. The van der Waals surface area contributed by atoms with Crippen molar-refractivity contribution in [2.24, 2.45) is 4.99 Å². The Balaban J connectivity index is 0.859. The minimum absolute atomic E-state index is 0.0943. The predicted molar refractivity (Wildman–Crippen MR) is 199 cm³/mol. The highest BCUT2D eigenvalue weighted by Crippen LogP contribution is 2.40. The quantitative estimate of drug-likeness (QED) is 0.107. The first-order valence-electron chi connectivity index (χ1n) is 17.4. The van der Waals surface area contributed by atoms with Crippen LogP contribution in [0.1, 0.15) is 70.0 Å². The van der Waals surface area contributed by atoms with Gasteiger partial charge in [-0.2, -0.15) is 0 Å². The first-order chi connectivity index (χ1) is 25.7. The molecule has 0 radical (unpaired) electrons. The van der Waals surface area contributed by atoms with Crippen LogP contribution in [0, 0.1) is 20.8 Å². The Kier molecular flexibility index (Phi) is 11.0. The highest BCUT2D eigenvalue weighted by molar-refractivity contribution is 7.15. The van der Waals surface area contributed by atoms with Crippen LogP contribution in [0.5, 0.6) is 5.75 Å². The Morgan fingerprint density at radius 3 is 2.60 bits per heavy atom. The summed E-state index contributed by atoms with van der Waals surface area (Å²) in [6.07, 6.45) is 2.40. The number of fused-ring (bicyclic) bond motifs is 4. The molecule has 276 valence electrons. The molecular formula is C38H39ClN6O7S. The standard InChI is InChI=1S/C38H39ClN6O7S/c1-21-22(2)53-38-34(21)35(24-4-6-25(39)7-5-24)41-30(36-44-43-23(3)45(36)38)19-33(47)40-12-13-49-14-15-50-16-17-51-26-8-10-31-28(18-26)29(20-52-31)27-9-11-32(46)42-37(27)48/h4-8,10,18,20,27,30H,9,11-17,19H2,1-3H3,(H,40,47)(H,42,46,48)/t27?,30-/m0/s1. The number of amides is 3. The number of aryl methyl sites for hydroxylation is 2. The van der Waals surface area contributed by atoms with Gasteiger partial charge in [-0.3, -0.25) is 29.3 Å². The lowest BCUT2D eigenvalue weighted by Crippen LogP contribution is -2.39. The molecule has 5 heterocycles. The van der Waals surface area contributed by atoms with E-state index in [9.17, 15) is 14.4 Å². The van der Waals surface area contributed by atoms with E-state index in [0.717, 1.165) is 44.2 Å². The van der Waals surface area contributed by atoms with E-state index < -0.39 is 12.0 Å². The number of imide groups is 1. The van der Waals surface area contributed by atoms with Crippen LogP contribution in [0.25, 0.3) is 16.0 Å². The van der Waals surface area contributed by atoms with Crippen molar-refractivity contribution in [3.8, 4) is 10.8 Å². The molecule has 0 spiro atoms. The number of furan rings is 1. The van der Waals surface area contributed by atoms with Gasteiger partial charge in [0.2, 0.25) is 17.7 Å². The first kappa shape index (κ1) is 36.5. The zero-order chi connectivity index (χ0) is 37.1. The summed E-state index contributed by atoms with van der Waals surface area (Å²) in [4.78, 5) is 43.4. The van der Waals surface area contributed by atoms with Crippen molar-refractivity contribution < 1.29 is 33.0 Å².